The van der Waals surface area contributed by atoms with E-state index in [-0.39, 0.29) is 5.91 Å². The van der Waals surface area contributed by atoms with Crippen LogP contribution in [0, 0.1) is 11.9 Å². The normalized spacial score (nSPS) is 10.6. The summed E-state index contributed by atoms with van der Waals surface area (Å²) in [6.07, 6.45) is 1.28. The SMILES string of the molecule is CCN(CC(C)C)C(=O)c1ccc(F)nc1. The Morgan fingerprint density at radius 3 is 2.62 bits per heavy atom. The van der Waals surface area contributed by atoms with Gasteiger partial charge in [0.1, 0.15) is 0 Å². The first kappa shape index (κ1) is 12.6. The largest absolute Gasteiger partial charge is 0.339 e. The van der Waals surface area contributed by atoms with Crippen molar-refractivity contribution in [3.8, 4) is 0 Å². The van der Waals surface area contributed by atoms with E-state index in [9.17, 15) is 9.18 Å². The van der Waals surface area contributed by atoms with Crippen molar-refractivity contribution in [2.24, 2.45) is 5.92 Å². The number of rotatable bonds is 4. The zero-order valence-electron chi connectivity index (χ0n) is 9.90. The summed E-state index contributed by atoms with van der Waals surface area (Å²) in [5.41, 5.74) is 0.434. The monoisotopic (exact) mass is 224 g/mol. The highest BCUT2D eigenvalue weighted by atomic mass is 19.1. The molecule has 0 unspecified atom stereocenters. The van der Waals surface area contributed by atoms with E-state index in [1.54, 1.807) is 4.90 Å². The highest BCUT2D eigenvalue weighted by molar-refractivity contribution is 5.93. The van der Waals surface area contributed by atoms with Gasteiger partial charge in [0.2, 0.25) is 5.95 Å². The van der Waals surface area contributed by atoms with Crippen molar-refractivity contribution in [2.45, 2.75) is 20.8 Å². The Kier molecular flexibility index (Phi) is 4.40. The summed E-state index contributed by atoms with van der Waals surface area (Å²) >= 11 is 0. The number of hydrogen-bond acceptors (Lipinski definition) is 2. The van der Waals surface area contributed by atoms with Crippen LogP contribution in [0.4, 0.5) is 4.39 Å². The van der Waals surface area contributed by atoms with Crippen LogP contribution in [0.5, 0.6) is 0 Å². The van der Waals surface area contributed by atoms with Crippen LogP contribution >= 0.6 is 0 Å². The van der Waals surface area contributed by atoms with E-state index in [0.29, 0.717) is 24.6 Å². The van der Waals surface area contributed by atoms with Crippen LogP contribution in [-0.4, -0.2) is 28.9 Å². The minimum absolute atomic E-state index is 0.0938. The Morgan fingerprint density at radius 2 is 2.19 bits per heavy atom. The maximum atomic E-state index is 12.6. The third-order valence-electron chi connectivity index (χ3n) is 2.23. The fourth-order valence-corrected chi connectivity index (χ4v) is 1.48. The Bertz CT molecular complexity index is 349. The molecule has 0 saturated heterocycles. The van der Waals surface area contributed by atoms with Crippen molar-refractivity contribution < 1.29 is 9.18 Å². The quantitative estimate of drug-likeness (QED) is 0.735. The Morgan fingerprint density at radius 1 is 1.50 bits per heavy atom. The standard InChI is InChI=1S/C12H17FN2O/c1-4-15(8-9(2)3)12(16)10-5-6-11(13)14-7-10/h5-7,9H,4,8H2,1-3H3. The fraction of sp³-hybridized carbons (Fsp3) is 0.500. The lowest BCUT2D eigenvalue weighted by atomic mass is 10.2. The predicted octanol–water partition coefficient (Wildman–Crippen LogP) is 2.34. The van der Waals surface area contributed by atoms with Crippen LogP contribution in [0.1, 0.15) is 31.1 Å². The zero-order valence-corrected chi connectivity index (χ0v) is 9.90. The van der Waals surface area contributed by atoms with Gasteiger partial charge in [0.15, 0.2) is 0 Å². The van der Waals surface area contributed by atoms with E-state index in [2.05, 4.69) is 18.8 Å². The van der Waals surface area contributed by atoms with Crippen molar-refractivity contribution in [3.05, 3.63) is 29.8 Å². The summed E-state index contributed by atoms with van der Waals surface area (Å²) in [6.45, 7) is 7.38. The Hall–Kier alpha value is -1.45. The molecule has 0 bridgehead atoms. The minimum Gasteiger partial charge on any atom is -0.339 e. The summed E-state index contributed by atoms with van der Waals surface area (Å²) in [5.74, 6) is -0.246. The van der Waals surface area contributed by atoms with Crippen LogP contribution in [0.15, 0.2) is 18.3 Å². The maximum Gasteiger partial charge on any atom is 0.255 e. The molecule has 1 aromatic rings. The van der Waals surface area contributed by atoms with Gasteiger partial charge in [0.05, 0.1) is 5.56 Å². The van der Waals surface area contributed by atoms with Crippen molar-refractivity contribution in [2.75, 3.05) is 13.1 Å². The zero-order chi connectivity index (χ0) is 12.1. The lowest BCUT2D eigenvalue weighted by Crippen LogP contribution is -2.34. The Labute approximate surface area is 95.3 Å². The van der Waals surface area contributed by atoms with Crippen molar-refractivity contribution in [1.82, 2.24) is 9.88 Å². The van der Waals surface area contributed by atoms with Crippen LogP contribution in [0.2, 0.25) is 0 Å². The van der Waals surface area contributed by atoms with Crippen molar-refractivity contribution >= 4 is 5.91 Å². The van der Waals surface area contributed by atoms with Crippen molar-refractivity contribution in [1.29, 1.82) is 0 Å². The van der Waals surface area contributed by atoms with Gasteiger partial charge in [0, 0.05) is 19.3 Å². The lowest BCUT2D eigenvalue weighted by molar-refractivity contribution is 0.0745. The molecule has 0 aromatic carbocycles. The molecule has 16 heavy (non-hydrogen) atoms. The summed E-state index contributed by atoms with van der Waals surface area (Å²) < 4.78 is 12.6. The fourth-order valence-electron chi connectivity index (χ4n) is 1.48. The second-order valence-corrected chi connectivity index (χ2v) is 4.11. The highest BCUT2D eigenvalue weighted by Crippen LogP contribution is 2.07. The van der Waals surface area contributed by atoms with Crippen LogP contribution < -0.4 is 0 Å². The smallest absolute Gasteiger partial charge is 0.255 e. The van der Waals surface area contributed by atoms with Gasteiger partial charge in [-0.2, -0.15) is 4.39 Å². The molecule has 1 heterocycles. The molecule has 0 N–H and O–H groups in total. The molecule has 0 saturated carbocycles. The molecule has 1 aromatic heterocycles. The van der Waals surface area contributed by atoms with Crippen LogP contribution in [0.25, 0.3) is 0 Å². The molecule has 0 radical (unpaired) electrons. The molecule has 4 heteroatoms. The summed E-state index contributed by atoms with van der Waals surface area (Å²) in [7, 11) is 0. The van der Waals surface area contributed by atoms with E-state index in [1.165, 1.54) is 18.3 Å². The van der Waals surface area contributed by atoms with Gasteiger partial charge >= 0.3 is 0 Å². The van der Waals surface area contributed by atoms with Gasteiger partial charge in [-0.3, -0.25) is 4.79 Å². The van der Waals surface area contributed by atoms with E-state index in [0.717, 1.165) is 0 Å². The molecule has 0 aliphatic rings. The average molecular weight is 224 g/mol. The molecule has 0 spiro atoms. The first-order valence-corrected chi connectivity index (χ1v) is 5.45. The third-order valence-corrected chi connectivity index (χ3v) is 2.23. The van der Waals surface area contributed by atoms with E-state index < -0.39 is 5.95 Å². The number of nitrogens with zero attached hydrogens (tertiary/aromatic N) is 2. The molecule has 0 fully saturated rings. The average Bonchev–Trinajstić information content (AvgIpc) is 2.25. The van der Waals surface area contributed by atoms with Crippen LogP contribution in [-0.2, 0) is 0 Å². The number of halogens is 1. The number of pyridine rings is 1. The molecular formula is C12H17FN2O. The molecule has 1 rings (SSSR count). The van der Waals surface area contributed by atoms with Crippen molar-refractivity contribution in [3.63, 3.8) is 0 Å². The summed E-state index contributed by atoms with van der Waals surface area (Å²) in [6, 6.07) is 2.67. The summed E-state index contributed by atoms with van der Waals surface area (Å²) in [4.78, 5) is 17.2. The number of amides is 1. The molecular weight excluding hydrogens is 207 g/mol. The van der Waals surface area contributed by atoms with E-state index in [1.807, 2.05) is 6.92 Å². The number of carbonyl (C=O) groups is 1. The number of carbonyl (C=O) groups excluding carboxylic acids is 1. The molecule has 0 aliphatic carbocycles. The Balaban J connectivity index is 2.78. The minimum atomic E-state index is -0.566. The topological polar surface area (TPSA) is 33.2 Å². The molecule has 1 amide bonds. The van der Waals surface area contributed by atoms with E-state index >= 15 is 0 Å². The highest BCUT2D eigenvalue weighted by Gasteiger charge is 2.15. The molecule has 3 nitrogen and oxygen atoms in total. The van der Waals surface area contributed by atoms with E-state index in [4.69, 9.17) is 0 Å². The van der Waals surface area contributed by atoms with Gasteiger partial charge in [-0.25, -0.2) is 4.98 Å². The predicted molar refractivity (Wildman–Crippen MR) is 60.6 cm³/mol. The van der Waals surface area contributed by atoms with Gasteiger partial charge in [-0.15, -0.1) is 0 Å². The molecule has 88 valence electrons. The first-order chi connectivity index (χ1) is 7.54. The van der Waals surface area contributed by atoms with Gasteiger partial charge in [-0.1, -0.05) is 13.8 Å². The number of hydrogen-bond donors (Lipinski definition) is 0. The lowest BCUT2D eigenvalue weighted by Gasteiger charge is -2.22. The van der Waals surface area contributed by atoms with Crippen LogP contribution in [0.3, 0.4) is 0 Å². The first-order valence-electron chi connectivity index (χ1n) is 5.45. The molecule has 0 atom stereocenters. The summed E-state index contributed by atoms with van der Waals surface area (Å²) in [5, 5.41) is 0. The second kappa shape index (κ2) is 5.58. The second-order valence-electron chi connectivity index (χ2n) is 4.11. The molecule has 0 aliphatic heterocycles. The van der Waals surface area contributed by atoms with Gasteiger partial charge in [0.25, 0.3) is 5.91 Å². The van der Waals surface area contributed by atoms with Gasteiger partial charge in [-0.05, 0) is 25.0 Å². The maximum absolute atomic E-state index is 12.6. The number of aromatic nitrogens is 1. The van der Waals surface area contributed by atoms with Gasteiger partial charge < -0.3 is 4.90 Å². The third kappa shape index (κ3) is 3.29.